The van der Waals surface area contributed by atoms with E-state index < -0.39 is 0 Å². The van der Waals surface area contributed by atoms with Crippen molar-refractivity contribution >= 4 is 0 Å². The lowest BCUT2D eigenvalue weighted by atomic mass is 10.0. The SMILES string of the molecule is COc1ccc(-c2cc(-c3cccc(CO)n3)nc(-c3cccc(CO)n3)c2)cc1. The molecule has 0 fully saturated rings. The van der Waals surface area contributed by atoms with Crippen LogP contribution in [-0.2, 0) is 13.2 Å². The Labute approximate surface area is 174 Å². The lowest BCUT2D eigenvalue weighted by molar-refractivity contribution is 0.277. The summed E-state index contributed by atoms with van der Waals surface area (Å²) in [6.07, 6.45) is 0. The lowest BCUT2D eigenvalue weighted by Crippen LogP contribution is -1.98. The Morgan fingerprint density at radius 2 is 1.17 bits per heavy atom. The summed E-state index contributed by atoms with van der Waals surface area (Å²) in [6, 6.07) is 22.7. The third-order valence-electron chi connectivity index (χ3n) is 4.71. The van der Waals surface area contributed by atoms with Crippen LogP contribution in [0.25, 0.3) is 33.9 Å². The Balaban J connectivity index is 1.88. The van der Waals surface area contributed by atoms with Crippen LogP contribution in [0.1, 0.15) is 11.4 Å². The van der Waals surface area contributed by atoms with Gasteiger partial charge in [-0.15, -0.1) is 0 Å². The Kier molecular flexibility index (Phi) is 5.79. The minimum atomic E-state index is -0.140. The van der Waals surface area contributed by atoms with Gasteiger partial charge in [-0.25, -0.2) is 15.0 Å². The van der Waals surface area contributed by atoms with Crippen molar-refractivity contribution in [3.05, 3.63) is 84.2 Å². The highest BCUT2D eigenvalue weighted by molar-refractivity contribution is 5.75. The first-order valence-electron chi connectivity index (χ1n) is 9.51. The molecule has 6 nitrogen and oxygen atoms in total. The van der Waals surface area contributed by atoms with E-state index in [9.17, 15) is 10.2 Å². The van der Waals surface area contributed by atoms with E-state index in [0.717, 1.165) is 16.9 Å². The zero-order valence-corrected chi connectivity index (χ0v) is 16.5. The molecule has 4 aromatic rings. The van der Waals surface area contributed by atoms with E-state index in [1.807, 2.05) is 60.7 Å². The molecule has 0 amide bonds. The lowest BCUT2D eigenvalue weighted by Gasteiger charge is -2.11. The summed E-state index contributed by atoms with van der Waals surface area (Å²) < 4.78 is 5.26. The molecule has 150 valence electrons. The van der Waals surface area contributed by atoms with Crippen molar-refractivity contribution in [3.8, 4) is 39.7 Å². The number of aromatic nitrogens is 3. The second kappa shape index (κ2) is 8.82. The summed E-state index contributed by atoms with van der Waals surface area (Å²) in [4.78, 5) is 13.8. The van der Waals surface area contributed by atoms with Crippen LogP contribution in [0.4, 0.5) is 0 Å². The maximum atomic E-state index is 9.45. The second-order valence-electron chi connectivity index (χ2n) is 6.70. The van der Waals surface area contributed by atoms with E-state index in [0.29, 0.717) is 34.2 Å². The Morgan fingerprint density at radius 1 is 0.633 bits per heavy atom. The average Bonchev–Trinajstić information content (AvgIpc) is 2.84. The van der Waals surface area contributed by atoms with Crippen molar-refractivity contribution < 1.29 is 14.9 Å². The quantitative estimate of drug-likeness (QED) is 0.512. The van der Waals surface area contributed by atoms with Gasteiger partial charge in [0.15, 0.2) is 0 Å². The van der Waals surface area contributed by atoms with Gasteiger partial charge in [-0.2, -0.15) is 0 Å². The van der Waals surface area contributed by atoms with Gasteiger partial charge in [0, 0.05) is 0 Å². The van der Waals surface area contributed by atoms with Gasteiger partial charge in [-0.1, -0.05) is 24.3 Å². The van der Waals surface area contributed by atoms with Crippen molar-refractivity contribution in [1.82, 2.24) is 15.0 Å². The maximum absolute atomic E-state index is 9.45. The monoisotopic (exact) mass is 399 g/mol. The standard InChI is InChI=1S/C24H21N3O3/c1-30-20-10-8-16(9-11-20)17-12-23(21-6-2-4-18(14-28)25-21)27-24(13-17)22-7-3-5-19(15-29)26-22/h2-13,28-29H,14-15H2,1H3. The molecule has 0 atom stereocenters. The number of rotatable bonds is 6. The summed E-state index contributed by atoms with van der Waals surface area (Å²) in [5.41, 5.74) is 5.77. The van der Waals surface area contributed by atoms with Gasteiger partial charge in [0.25, 0.3) is 0 Å². The fourth-order valence-corrected chi connectivity index (χ4v) is 3.16. The Hall–Kier alpha value is -3.61. The zero-order valence-electron chi connectivity index (χ0n) is 16.5. The van der Waals surface area contributed by atoms with Gasteiger partial charge in [0.05, 0.1) is 54.5 Å². The largest absolute Gasteiger partial charge is 0.497 e. The molecular weight excluding hydrogens is 378 g/mol. The molecule has 0 radical (unpaired) electrons. The van der Waals surface area contributed by atoms with E-state index in [2.05, 4.69) is 9.97 Å². The van der Waals surface area contributed by atoms with Gasteiger partial charge in [0.1, 0.15) is 5.75 Å². The highest BCUT2D eigenvalue weighted by Crippen LogP contribution is 2.30. The summed E-state index contributed by atoms with van der Waals surface area (Å²) in [5, 5.41) is 18.9. The molecule has 0 saturated carbocycles. The molecule has 4 rings (SSSR count). The topological polar surface area (TPSA) is 88.4 Å². The molecule has 0 aliphatic heterocycles. The third-order valence-corrected chi connectivity index (χ3v) is 4.71. The van der Waals surface area contributed by atoms with Gasteiger partial charge < -0.3 is 14.9 Å². The van der Waals surface area contributed by atoms with E-state index in [4.69, 9.17) is 9.72 Å². The van der Waals surface area contributed by atoms with Crippen LogP contribution in [0.5, 0.6) is 5.75 Å². The van der Waals surface area contributed by atoms with Crippen molar-refractivity contribution in [3.63, 3.8) is 0 Å². The van der Waals surface area contributed by atoms with Crippen molar-refractivity contribution in [2.24, 2.45) is 0 Å². The molecule has 1 aromatic carbocycles. The van der Waals surface area contributed by atoms with Crippen LogP contribution in [0.3, 0.4) is 0 Å². The molecular formula is C24H21N3O3. The fourth-order valence-electron chi connectivity index (χ4n) is 3.16. The number of ether oxygens (including phenoxy) is 1. The van der Waals surface area contributed by atoms with E-state index in [1.165, 1.54) is 0 Å². The van der Waals surface area contributed by atoms with E-state index >= 15 is 0 Å². The Bertz CT molecular complexity index is 1090. The summed E-state index contributed by atoms with van der Waals surface area (Å²) in [7, 11) is 1.64. The van der Waals surface area contributed by atoms with Gasteiger partial charge in [-0.3, -0.25) is 0 Å². The highest BCUT2D eigenvalue weighted by atomic mass is 16.5. The molecule has 3 aromatic heterocycles. The van der Waals surface area contributed by atoms with Gasteiger partial charge >= 0.3 is 0 Å². The number of benzene rings is 1. The number of aliphatic hydroxyl groups is 2. The molecule has 30 heavy (non-hydrogen) atoms. The maximum Gasteiger partial charge on any atom is 0.118 e. The molecule has 0 unspecified atom stereocenters. The van der Waals surface area contributed by atoms with E-state index in [1.54, 1.807) is 19.2 Å². The first-order valence-corrected chi connectivity index (χ1v) is 9.51. The van der Waals surface area contributed by atoms with Crippen LogP contribution in [0.15, 0.2) is 72.8 Å². The van der Waals surface area contributed by atoms with Crippen LogP contribution in [0, 0.1) is 0 Å². The fraction of sp³-hybridized carbons (Fsp3) is 0.125. The minimum absolute atomic E-state index is 0.140. The predicted octanol–water partition coefficient (Wildman–Crippen LogP) is 3.87. The first kappa shape index (κ1) is 19.7. The van der Waals surface area contributed by atoms with E-state index in [-0.39, 0.29) is 13.2 Å². The average molecular weight is 399 g/mol. The third kappa shape index (κ3) is 4.20. The van der Waals surface area contributed by atoms with Crippen molar-refractivity contribution in [1.29, 1.82) is 0 Å². The summed E-state index contributed by atoms with van der Waals surface area (Å²) in [6.45, 7) is -0.280. The number of methoxy groups -OCH3 is 1. The first-order chi connectivity index (χ1) is 14.7. The molecule has 3 heterocycles. The smallest absolute Gasteiger partial charge is 0.118 e. The van der Waals surface area contributed by atoms with Crippen LogP contribution < -0.4 is 4.74 Å². The normalized spacial score (nSPS) is 10.8. The number of nitrogens with zero attached hydrogens (tertiary/aromatic N) is 3. The Morgan fingerprint density at radius 3 is 1.63 bits per heavy atom. The summed E-state index contributed by atoms with van der Waals surface area (Å²) >= 11 is 0. The molecule has 0 bridgehead atoms. The molecule has 0 spiro atoms. The summed E-state index contributed by atoms with van der Waals surface area (Å²) in [5.74, 6) is 0.780. The number of hydrogen-bond donors (Lipinski definition) is 2. The second-order valence-corrected chi connectivity index (χ2v) is 6.70. The van der Waals surface area contributed by atoms with Crippen LogP contribution >= 0.6 is 0 Å². The number of aliphatic hydroxyl groups excluding tert-OH is 2. The van der Waals surface area contributed by atoms with Crippen LogP contribution in [-0.4, -0.2) is 32.3 Å². The van der Waals surface area contributed by atoms with Crippen LogP contribution in [0.2, 0.25) is 0 Å². The molecule has 0 aliphatic rings. The molecule has 6 heteroatoms. The number of pyridine rings is 3. The highest BCUT2D eigenvalue weighted by Gasteiger charge is 2.12. The molecule has 2 N–H and O–H groups in total. The molecule has 0 saturated heterocycles. The van der Waals surface area contributed by atoms with Gasteiger partial charge in [-0.05, 0) is 59.7 Å². The van der Waals surface area contributed by atoms with Crippen molar-refractivity contribution in [2.75, 3.05) is 7.11 Å². The van der Waals surface area contributed by atoms with Crippen molar-refractivity contribution in [2.45, 2.75) is 13.2 Å². The number of hydrogen-bond acceptors (Lipinski definition) is 6. The zero-order chi connectivity index (χ0) is 20.9. The minimum Gasteiger partial charge on any atom is -0.497 e. The van der Waals surface area contributed by atoms with Gasteiger partial charge in [0.2, 0.25) is 0 Å². The molecule has 0 aliphatic carbocycles. The predicted molar refractivity (Wildman–Crippen MR) is 115 cm³/mol.